The maximum absolute atomic E-state index is 11.8. The molecule has 2 aromatic carbocycles. The van der Waals surface area contributed by atoms with Gasteiger partial charge in [0.15, 0.2) is 0 Å². The number of ether oxygens (including phenoxy) is 2. The largest absolute Gasteiger partial charge is 0.497 e. The van der Waals surface area contributed by atoms with Gasteiger partial charge in [0.1, 0.15) is 23.1 Å². The fourth-order valence-electron chi connectivity index (χ4n) is 3.35. The highest BCUT2D eigenvalue weighted by Gasteiger charge is 2.20. The fourth-order valence-corrected chi connectivity index (χ4v) is 4.05. The van der Waals surface area contributed by atoms with Crippen molar-refractivity contribution in [2.24, 2.45) is 0 Å². The molecule has 158 valence electrons. The normalized spacial score (nSPS) is 10.8. The van der Waals surface area contributed by atoms with Crippen LogP contribution in [0.25, 0.3) is 11.4 Å². The Bertz CT molecular complexity index is 1180. The van der Waals surface area contributed by atoms with E-state index in [0.29, 0.717) is 18.8 Å². The molecular weight excluding hydrogens is 412 g/mol. The van der Waals surface area contributed by atoms with Gasteiger partial charge in [-0.25, -0.2) is 9.78 Å². The first-order valence-corrected chi connectivity index (χ1v) is 10.6. The van der Waals surface area contributed by atoms with E-state index in [-0.39, 0.29) is 5.56 Å². The number of para-hydroxylation sites is 1. The number of methoxy groups -OCH3 is 1. The van der Waals surface area contributed by atoms with Gasteiger partial charge in [0.25, 0.3) is 0 Å². The van der Waals surface area contributed by atoms with Gasteiger partial charge in [-0.1, -0.05) is 30.3 Å². The van der Waals surface area contributed by atoms with Gasteiger partial charge in [-0.2, -0.15) is 0 Å². The molecule has 0 unspecified atom stereocenters. The second kappa shape index (κ2) is 9.06. The van der Waals surface area contributed by atoms with E-state index in [9.17, 15) is 9.90 Å². The highest BCUT2D eigenvalue weighted by atomic mass is 32.1. The Labute approximate surface area is 184 Å². The number of aromatic carboxylic acids is 1. The van der Waals surface area contributed by atoms with Crippen molar-refractivity contribution in [3.8, 4) is 22.9 Å². The first-order chi connectivity index (χ1) is 15.0. The molecule has 7 heteroatoms. The third-order valence-corrected chi connectivity index (χ3v) is 5.84. The van der Waals surface area contributed by atoms with Crippen molar-refractivity contribution in [2.45, 2.75) is 20.1 Å². The van der Waals surface area contributed by atoms with E-state index in [4.69, 9.17) is 14.5 Å². The van der Waals surface area contributed by atoms with Crippen molar-refractivity contribution in [2.75, 3.05) is 7.11 Å². The second-order valence-electron chi connectivity index (χ2n) is 7.00. The van der Waals surface area contributed by atoms with E-state index in [0.717, 1.165) is 33.5 Å². The smallest absolute Gasteiger partial charge is 0.337 e. The molecule has 0 saturated heterocycles. The van der Waals surface area contributed by atoms with Gasteiger partial charge in [0.2, 0.25) is 0 Å². The summed E-state index contributed by atoms with van der Waals surface area (Å²) in [5.74, 6) is 0.614. The molecule has 0 fully saturated rings. The SMILES string of the molecule is COc1ccc(Cn2c(-c3csc(COc4ccccc4)n3)cc(C(=O)O)c2C)cc1. The van der Waals surface area contributed by atoms with Crippen LogP contribution in [0.5, 0.6) is 11.5 Å². The molecule has 2 heterocycles. The van der Waals surface area contributed by atoms with E-state index in [2.05, 4.69) is 0 Å². The van der Waals surface area contributed by atoms with Gasteiger partial charge in [-0.3, -0.25) is 0 Å². The fraction of sp³-hybridized carbons (Fsp3) is 0.167. The van der Waals surface area contributed by atoms with Crippen LogP contribution in [-0.4, -0.2) is 27.7 Å². The Balaban J connectivity index is 1.62. The maximum Gasteiger partial charge on any atom is 0.337 e. The number of carbonyl (C=O) groups is 1. The van der Waals surface area contributed by atoms with Gasteiger partial charge < -0.3 is 19.1 Å². The predicted molar refractivity (Wildman–Crippen MR) is 120 cm³/mol. The topological polar surface area (TPSA) is 73.6 Å². The minimum atomic E-state index is -0.949. The van der Waals surface area contributed by atoms with Gasteiger partial charge in [0, 0.05) is 17.6 Å². The van der Waals surface area contributed by atoms with E-state index < -0.39 is 5.97 Å². The summed E-state index contributed by atoms with van der Waals surface area (Å²) in [6.45, 7) is 2.72. The number of carboxylic acid groups (broad SMARTS) is 1. The van der Waals surface area contributed by atoms with Crippen molar-refractivity contribution in [1.82, 2.24) is 9.55 Å². The Kier molecular flexibility index (Phi) is 6.04. The van der Waals surface area contributed by atoms with Gasteiger partial charge in [-0.05, 0) is 42.8 Å². The minimum Gasteiger partial charge on any atom is -0.497 e. The average molecular weight is 435 g/mol. The lowest BCUT2D eigenvalue weighted by molar-refractivity contribution is 0.0696. The zero-order valence-electron chi connectivity index (χ0n) is 17.2. The molecule has 0 bridgehead atoms. The molecule has 2 aromatic heterocycles. The summed E-state index contributed by atoms with van der Waals surface area (Å²) < 4.78 is 13.0. The lowest BCUT2D eigenvalue weighted by Crippen LogP contribution is -2.06. The van der Waals surface area contributed by atoms with Crippen LogP contribution in [0.15, 0.2) is 66.0 Å². The van der Waals surface area contributed by atoms with Crippen molar-refractivity contribution in [3.63, 3.8) is 0 Å². The molecule has 0 aliphatic rings. The van der Waals surface area contributed by atoms with Crippen LogP contribution in [-0.2, 0) is 13.2 Å². The first kappa shape index (κ1) is 20.7. The molecule has 0 spiro atoms. The molecule has 0 aliphatic carbocycles. The Morgan fingerprint density at radius 3 is 2.52 bits per heavy atom. The van der Waals surface area contributed by atoms with Crippen LogP contribution in [0.3, 0.4) is 0 Å². The predicted octanol–water partition coefficient (Wildman–Crippen LogP) is 5.25. The zero-order chi connectivity index (χ0) is 21.8. The molecule has 6 nitrogen and oxygen atoms in total. The molecule has 1 N–H and O–H groups in total. The van der Waals surface area contributed by atoms with Crippen LogP contribution in [0.2, 0.25) is 0 Å². The summed E-state index contributed by atoms with van der Waals surface area (Å²) in [7, 11) is 1.63. The Morgan fingerprint density at radius 1 is 1.10 bits per heavy atom. The summed E-state index contributed by atoms with van der Waals surface area (Å²) in [5, 5.41) is 12.4. The van der Waals surface area contributed by atoms with Crippen LogP contribution in [0.4, 0.5) is 0 Å². The van der Waals surface area contributed by atoms with Crippen molar-refractivity contribution < 1.29 is 19.4 Å². The quantitative estimate of drug-likeness (QED) is 0.410. The van der Waals surface area contributed by atoms with Crippen molar-refractivity contribution in [3.05, 3.63) is 87.9 Å². The molecule has 0 saturated carbocycles. The van der Waals surface area contributed by atoms with E-state index in [1.165, 1.54) is 11.3 Å². The number of hydrogen-bond acceptors (Lipinski definition) is 5. The highest BCUT2D eigenvalue weighted by molar-refractivity contribution is 7.09. The molecule has 31 heavy (non-hydrogen) atoms. The second-order valence-corrected chi connectivity index (χ2v) is 7.94. The third kappa shape index (κ3) is 4.62. The molecule has 0 atom stereocenters. The zero-order valence-corrected chi connectivity index (χ0v) is 18.1. The van der Waals surface area contributed by atoms with Crippen LogP contribution in [0, 0.1) is 6.92 Å². The number of rotatable bonds is 8. The van der Waals surface area contributed by atoms with Gasteiger partial charge >= 0.3 is 5.97 Å². The molecule has 0 radical (unpaired) electrons. The number of aromatic nitrogens is 2. The lowest BCUT2D eigenvalue weighted by Gasteiger charge is -2.11. The Hall–Kier alpha value is -3.58. The monoisotopic (exact) mass is 434 g/mol. The lowest BCUT2D eigenvalue weighted by atomic mass is 10.2. The number of carboxylic acids is 1. The molecule has 0 amide bonds. The number of thiazole rings is 1. The highest BCUT2D eigenvalue weighted by Crippen LogP contribution is 2.29. The first-order valence-electron chi connectivity index (χ1n) is 9.74. The molecular formula is C24H22N2O4S. The summed E-state index contributed by atoms with van der Waals surface area (Å²) in [6.07, 6.45) is 0. The van der Waals surface area contributed by atoms with E-state index in [1.54, 1.807) is 13.2 Å². The summed E-state index contributed by atoms with van der Waals surface area (Å²) >= 11 is 1.49. The average Bonchev–Trinajstić information content (AvgIpc) is 3.38. The Morgan fingerprint density at radius 2 is 1.84 bits per heavy atom. The number of hydrogen-bond donors (Lipinski definition) is 1. The number of nitrogens with zero attached hydrogens (tertiary/aromatic N) is 2. The minimum absolute atomic E-state index is 0.276. The van der Waals surface area contributed by atoms with Gasteiger partial charge in [-0.15, -0.1) is 11.3 Å². The molecule has 4 aromatic rings. The molecule has 0 aliphatic heterocycles. The summed E-state index contributed by atoms with van der Waals surface area (Å²) in [6, 6.07) is 19.0. The van der Waals surface area contributed by atoms with Gasteiger partial charge in [0.05, 0.1) is 24.1 Å². The molecule has 4 rings (SSSR count). The van der Waals surface area contributed by atoms with Crippen molar-refractivity contribution in [1.29, 1.82) is 0 Å². The van der Waals surface area contributed by atoms with Crippen molar-refractivity contribution >= 4 is 17.3 Å². The van der Waals surface area contributed by atoms with Crippen LogP contribution in [0.1, 0.15) is 26.6 Å². The van der Waals surface area contributed by atoms with Crippen LogP contribution >= 0.6 is 11.3 Å². The standard InChI is InChI=1S/C24H22N2O4S/c1-16-20(24(27)28)12-22(26(16)13-17-8-10-18(29-2)11-9-17)21-15-31-23(25-21)14-30-19-6-4-3-5-7-19/h3-12,15H,13-14H2,1-2H3,(H,27,28). The summed E-state index contributed by atoms with van der Waals surface area (Å²) in [5.41, 5.74) is 3.52. The van der Waals surface area contributed by atoms with E-state index in [1.807, 2.05) is 71.5 Å². The summed E-state index contributed by atoms with van der Waals surface area (Å²) in [4.78, 5) is 16.5. The third-order valence-electron chi connectivity index (χ3n) is 5.02. The van der Waals surface area contributed by atoms with E-state index >= 15 is 0 Å². The maximum atomic E-state index is 11.8. The number of benzene rings is 2. The van der Waals surface area contributed by atoms with Crippen LogP contribution < -0.4 is 9.47 Å².